The van der Waals surface area contributed by atoms with Crippen LogP contribution in [-0.4, -0.2) is 31.1 Å². The van der Waals surface area contributed by atoms with Crippen molar-refractivity contribution in [3.05, 3.63) is 35.4 Å². The Morgan fingerprint density at radius 3 is 2.59 bits per heavy atom. The Morgan fingerprint density at radius 2 is 1.94 bits per heavy atom. The quantitative estimate of drug-likeness (QED) is 0.864. The third kappa shape index (κ3) is 3.30. The van der Waals surface area contributed by atoms with Crippen LogP contribution in [-0.2, 0) is 0 Å². The summed E-state index contributed by atoms with van der Waals surface area (Å²) in [4.78, 5) is 2.56. The van der Waals surface area contributed by atoms with E-state index in [1.165, 1.54) is 38.0 Å². The largest absolute Gasteiger partial charge is 0.330 e. The van der Waals surface area contributed by atoms with Crippen LogP contribution in [0.5, 0.6) is 0 Å². The van der Waals surface area contributed by atoms with E-state index >= 15 is 0 Å². The molecule has 1 saturated heterocycles. The summed E-state index contributed by atoms with van der Waals surface area (Å²) in [6.45, 7) is 6.70. The van der Waals surface area contributed by atoms with Gasteiger partial charge in [0.1, 0.15) is 0 Å². The predicted molar refractivity (Wildman–Crippen MR) is 73.3 cm³/mol. The van der Waals surface area contributed by atoms with Crippen LogP contribution in [0.4, 0.5) is 0 Å². The fraction of sp³-hybridized carbons (Fsp3) is 0.600. The molecule has 1 heterocycles. The maximum atomic E-state index is 5.56. The maximum Gasteiger partial charge on any atom is -0.000671 e. The third-order valence-corrected chi connectivity index (χ3v) is 3.89. The van der Waals surface area contributed by atoms with Crippen molar-refractivity contribution >= 4 is 0 Å². The molecule has 2 N–H and O–H groups in total. The van der Waals surface area contributed by atoms with E-state index in [2.05, 4.69) is 36.1 Å². The molecule has 0 amide bonds. The molecule has 1 aromatic rings. The number of hydrogen-bond donors (Lipinski definition) is 1. The van der Waals surface area contributed by atoms with Crippen LogP contribution in [0, 0.1) is 6.92 Å². The summed E-state index contributed by atoms with van der Waals surface area (Å²) < 4.78 is 0. The van der Waals surface area contributed by atoms with Crippen LogP contribution < -0.4 is 5.73 Å². The summed E-state index contributed by atoms with van der Waals surface area (Å²) in [5.41, 5.74) is 8.57. The third-order valence-electron chi connectivity index (χ3n) is 3.89. The molecule has 0 saturated carbocycles. The molecule has 0 unspecified atom stereocenters. The van der Waals surface area contributed by atoms with Crippen LogP contribution in [0.15, 0.2) is 24.3 Å². The lowest BCUT2D eigenvalue weighted by Crippen LogP contribution is -2.34. The molecule has 17 heavy (non-hydrogen) atoms. The lowest BCUT2D eigenvalue weighted by atomic mass is 9.87. The van der Waals surface area contributed by atoms with Gasteiger partial charge in [-0.1, -0.05) is 24.3 Å². The predicted octanol–water partition coefficient (Wildman–Crippen LogP) is 2.52. The number of aryl methyl sites for hydroxylation is 1. The van der Waals surface area contributed by atoms with E-state index in [-0.39, 0.29) is 0 Å². The molecule has 0 aromatic heterocycles. The topological polar surface area (TPSA) is 29.3 Å². The number of nitrogens with zero attached hydrogens (tertiary/aromatic N) is 1. The molecule has 1 aromatic carbocycles. The molecular weight excluding hydrogens is 208 g/mol. The first-order chi connectivity index (χ1) is 8.31. The average Bonchev–Trinajstić information content (AvgIpc) is 2.38. The van der Waals surface area contributed by atoms with Gasteiger partial charge >= 0.3 is 0 Å². The van der Waals surface area contributed by atoms with Crippen LogP contribution in [0.3, 0.4) is 0 Å². The second kappa shape index (κ2) is 6.18. The van der Waals surface area contributed by atoms with Gasteiger partial charge in [-0.15, -0.1) is 0 Å². The van der Waals surface area contributed by atoms with Crippen molar-refractivity contribution in [1.29, 1.82) is 0 Å². The SMILES string of the molecule is Cc1ccccc1C1CCN(CCCN)CC1. The van der Waals surface area contributed by atoms with Crippen LogP contribution in [0.1, 0.15) is 36.3 Å². The number of piperidine rings is 1. The Balaban J connectivity index is 1.89. The Hall–Kier alpha value is -0.860. The highest BCUT2D eigenvalue weighted by Crippen LogP contribution is 2.29. The van der Waals surface area contributed by atoms with Crippen LogP contribution >= 0.6 is 0 Å². The summed E-state index contributed by atoms with van der Waals surface area (Å²) in [7, 11) is 0. The van der Waals surface area contributed by atoms with E-state index in [9.17, 15) is 0 Å². The zero-order valence-corrected chi connectivity index (χ0v) is 10.9. The number of benzene rings is 1. The molecular formula is C15H24N2. The lowest BCUT2D eigenvalue weighted by Gasteiger charge is -2.32. The number of likely N-dealkylation sites (tertiary alicyclic amines) is 1. The zero-order chi connectivity index (χ0) is 12.1. The van der Waals surface area contributed by atoms with Gasteiger partial charge in [-0.3, -0.25) is 0 Å². The Morgan fingerprint density at radius 1 is 1.24 bits per heavy atom. The molecule has 0 radical (unpaired) electrons. The Labute approximate surface area is 105 Å². The molecule has 0 spiro atoms. The molecule has 2 nitrogen and oxygen atoms in total. The number of hydrogen-bond acceptors (Lipinski definition) is 2. The van der Waals surface area contributed by atoms with Gasteiger partial charge in [0.05, 0.1) is 0 Å². The maximum absolute atomic E-state index is 5.56. The molecule has 94 valence electrons. The summed E-state index contributed by atoms with van der Waals surface area (Å²) in [6, 6.07) is 8.84. The van der Waals surface area contributed by atoms with Crippen LogP contribution in [0.2, 0.25) is 0 Å². The molecule has 0 atom stereocenters. The van der Waals surface area contributed by atoms with Gasteiger partial charge in [-0.2, -0.15) is 0 Å². The number of nitrogens with two attached hydrogens (primary N) is 1. The molecule has 2 heteroatoms. The zero-order valence-electron chi connectivity index (χ0n) is 10.9. The highest BCUT2D eigenvalue weighted by atomic mass is 15.1. The van der Waals surface area contributed by atoms with E-state index in [0.29, 0.717) is 0 Å². The first-order valence-corrected chi connectivity index (χ1v) is 6.79. The van der Waals surface area contributed by atoms with E-state index in [1.54, 1.807) is 5.56 Å². The fourth-order valence-electron chi connectivity index (χ4n) is 2.83. The van der Waals surface area contributed by atoms with Gasteiger partial charge in [-0.25, -0.2) is 0 Å². The van der Waals surface area contributed by atoms with E-state index < -0.39 is 0 Å². The van der Waals surface area contributed by atoms with E-state index in [0.717, 1.165) is 18.9 Å². The van der Waals surface area contributed by atoms with E-state index in [4.69, 9.17) is 5.73 Å². The van der Waals surface area contributed by atoms with Gasteiger partial charge in [0.15, 0.2) is 0 Å². The second-order valence-corrected chi connectivity index (χ2v) is 5.11. The van der Waals surface area contributed by atoms with Crippen molar-refractivity contribution in [2.45, 2.75) is 32.1 Å². The summed E-state index contributed by atoms with van der Waals surface area (Å²) in [5, 5.41) is 0. The highest BCUT2D eigenvalue weighted by Gasteiger charge is 2.20. The molecule has 0 bridgehead atoms. The molecule has 0 aliphatic carbocycles. The Bertz CT molecular complexity index is 341. The standard InChI is InChI=1S/C15H24N2/c1-13-5-2-3-6-15(13)14-7-11-17(12-8-14)10-4-9-16/h2-3,5-6,14H,4,7-12,16H2,1H3. The van der Waals surface area contributed by atoms with Gasteiger partial charge in [-0.05, 0) is 69.4 Å². The number of rotatable bonds is 4. The van der Waals surface area contributed by atoms with Crippen molar-refractivity contribution in [2.24, 2.45) is 5.73 Å². The van der Waals surface area contributed by atoms with E-state index in [1.807, 2.05) is 0 Å². The minimum Gasteiger partial charge on any atom is -0.330 e. The monoisotopic (exact) mass is 232 g/mol. The van der Waals surface area contributed by atoms with Crippen molar-refractivity contribution in [2.75, 3.05) is 26.2 Å². The smallest absolute Gasteiger partial charge is 0.000671 e. The van der Waals surface area contributed by atoms with Crippen molar-refractivity contribution < 1.29 is 0 Å². The molecule has 1 fully saturated rings. The molecule has 2 rings (SSSR count). The Kier molecular flexibility index (Phi) is 4.57. The average molecular weight is 232 g/mol. The minimum absolute atomic E-state index is 0.769. The summed E-state index contributed by atoms with van der Waals surface area (Å²) in [6.07, 6.45) is 3.74. The summed E-state index contributed by atoms with van der Waals surface area (Å²) in [5.74, 6) is 0.769. The van der Waals surface area contributed by atoms with Gasteiger partial charge < -0.3 is 10.6 Å². The van der Waals surface area contributed by atoms with Crippen molar-refractivity contribution in [1.82, 2.24) is 4.90 Å². The minimum atomic E-state index is 0.769. The van der Waals surface area contributed by atoms with Crippen LogP contribution in [0.25, 0.3) is 0 Å². The van der Waals surface area contributed by atoms with Crippen molar-refractivity contribution in [3.8, 4) is 0 Å². The molecule has 1 aliphatic rings. The first kappa shape index (κ1) is 12.6. The lowest BCUT2D eigenvalue weighted by molar-refractivity contribution is 0.211. The normalized spacial score (nSPS) is 18.5. The highest BCUT2D eigenvalue weighted by molar-refractivity contribution is 5.29. The molecule has 1 aliphatic heterocycles. The van der Waals surface area contributed by atoms with Crippen molar-refractivity contribution in [3.63, 3.8) is 0 Å². The van der Waals surface area contributed by atoms with Gasteiger partial charge in [0.2, 0.25) is 0 Å². The van der Waals surface area contributed by atoms with Gasteiger partial charge in [0, 0.05) is 0 Å². The summed E-state index contributed by atoms with van der Waals surface area (Å²) >= 11 is 0. The fourth-order valence-corrected chi connectivity index (χ4v) is 2.83. The second-order valence-electron chi connectivity index (χ2n) is 5.11. The van der Waals surface area contributed by atoms with Gasteiger partial charge in [0.25, 0.3) is 0 Å². The first-order valence-electron chi connectivity index (χ1n) is 6.79.